The van der Waals surface area contributed by atoms with Gasteiger partial charge >= 0.3 is 0 Å². The molecule has 2 nitrogen and oxygen atoms in total. The maximum Gasteiger partial charge on any atom is 0.120 e. The van der Waals surface area contributed by atoms with Gasteiger partial charge in [0.05, 0.1) is 0 Å². The van der Waals surface area contributed by atoms with Crippen LogP contribution < -0.4 is 0 Å². The number of carbonyl (C=O) groups is 1. The van der Waals surface area contributed by atoms with Gasteiger partial charge in [-0.1, -0.05) is 38.7 Å². The molecular formula is C20H31NO. The predicted molar refractivity (Wildman–Crippen MR) is 92.1 cm³/mol. The van der Waals surface area contributed by atoms with Crippen molar-refractivity contribution in [3.63, 3.8) is 0 Å². The Balaban J connectivity index is 1.75. The van der Waals surface area contributed by atoms with Gasteiger partial charge in [0.25, 0.3) is 0 Å². The molecule has 0 amide bonds. The molecule has 2 rings (SSSR count). The summed E-state index contributed by atoms with van der Waals surface area (Å²) in [5.41, 5.74) is 2.55. The number of aldehydes is 1. The van der Waals surface area contributed by atoms with Gasteiger partial charge in [0.1, 0.15) is 6.29 Å². The fourth-order valence-electron chi connectivity index (χ4n) is 3.64. The van der Waals surface area contributed by atoms with Crippen molar-refractivity contribution in [3.8, 4) is 0 Å². The molecule has 1 aliphatic carbocycles. The van der Waals surface area contributed by atoms with Gasteiger partial charge in [-0.2, -0.15) is 0 Å². The first-order chi connectivity index (χ1) is 10.8. The summed E-state index contributed by atoms with van der Waals surface area (Å²) in [6, 6.07) is 4.43. The Bertz CT molecular complexity index is 418. The predicted octanol–water partition coefficient (Wildman–Crippen LogP) is 5.46. The number of pyridine rings is 1. The minimum atomic E-state index is 0.657. The highest BCUT2D eigenvalue weighted by Gasteiger charge is 2.22. The first-order valence-corrected chi connectivity index (χ1v) is 9.22. The van der Waals surface area contributed by atoms with Crippen LogP contribution in [0.5, 0.6) is 0 Å². The van der Waals surface area contributed by atoms with Crippen LogP contribution in [-0.4, -0.2) is 11.3 Å². The maximum atomic E-state index is 10.3. The third-order valence-corrected chi connectivity index (χ3v) is 5.12. The summed E-state index contributed by atoms with van der Waals surface area (Å²) in [5, 5.41) is 0. The first kappa shape index (κ1) is 17.2. The Kier molecular flexibility index (Phi) is 7.62. The topological polar surface area (TPSA) is 30.0 Å². The van der Waals surface area contributed by atoms with E-state index in [9.17, 15) is 4.79 Å². The highest BCUT2D eigenvalue weighted by molar-refractivity contribution is 5.49. The molecule has 1 saturated carbocycles. The molecule has 0 bridgehead atoms. The zero-order valence-corrected chi connectivity index (χ0v) is 14.1. The number of unbranched alkanes of at least 4 members (excludes halogenated alkanes) is 3. The summed E-state index contributed by atoms with van der Waals surface area (Å²) in [6.07, 6.45) is 16.6. The Morgan fingerprint density at radius 2 is 1.95 bits per heavy atom. The Labute approximate surface area is 135 Å². The van der Waals surface area contributed by atoms with Crippen molar-refractivity contribution in [2.75, 3.05) is 0 Å². The van der Waals surface area contributed by atoms with E-state index in [1.165, 1.54) is 62.6 Å². The SMILES string of the molecule is CCCCC[C@H]1CC[C@H](c2ccc(CCCC=O)cn2)CC1. The van der Waals surface area contributed by atoms with Crippen LogP contribution in [0.2, 0.25) is 0 Å². The lowest BCUT2D eigenvalue weighted by Crippen LogP contribution is -2.14. The molecule has 1 aromatic heterocycles. The fourth-order valence-corrected chi connectivity index (χ4v) is 3.64. The summed E-state index contributed by atoms with van der Waals surface area (Å²) in [6.45, 7) is 2.28. The molecule has 1 aliphatic rings. The van der Waals surface area contributed by atoms with Crippen molar-refractivity contribution >= 4 is 6.29 Å². The lowest BCUT2D eigenvalue weighted by Gasteiger charge is -2.28. The number of hydrogen-bond donors (Lipinski definition) is 0. The van der Waals surface area contributed by atoms with Crippen molar-refractivity contribution in [2.24, 2.45) is 5.92 Å². The fraction of sp³-hybridized carbons (Fsp3) is 0.700. The van der Waals surface area contributed by atoms with Gasteiger partial charge in [0.2, 0.25) is 0 Å². The second kappa shape index (κ2) is 9.76. The zero-order chi connectivity index (χ0) is 15.6. The molecule has 2 heteroatoms. The third-order valence-electron chi connectivity index (χ3n) is 5.12. The van der Waals surface area contributed by atoms with Crippen molar-refractivity contribution < 1.29 is 4.79 Å². The van der Waals surface area contributed by atoms with E-state index in [1.807, 2.05) is 6.20 Å². The van der Waals surface area contributed by atoms with Crippen LogP contribution in [-0.2, 0) is 11.2 Å². The summed E-state index contributed by atoms with van der Waals surface area (Å²) >= 11 is 0. The van der Waals surface area contributed by atoms with Crippen LogP contribution in [0, 0.1) is 5.92 Å². The van der Waals surface area contributed by atoms with Crippen molar-refractivity contribution in [1.29, 1.82) is 0 Å². The van der Waals surface area contributed by atoms with E-state index < -0.39 is 0 Å². The zero-order valence-electron chi connectivity index (χ0n) is 14.1. The van der Waals surface area contributed by atoms with Gasteiger partial charge in [-0.25, -0.2) is 0 Å². The van der Waals surface area contributed by atoms with Crippen molar-refractivity contribution in [1.82, 2.24) is 4.98 Å². The van der Waals surface area contributed by atoms with Gasteiger partial charge in [-0.3, -0.25) is 4.98 Å². The minimum Gasteiger partial charge on any atom is -0.303 e. The molecule has 1 heterocycles. The molecule has 1 aromatic rings. The lowest BCUT2D eigenvalue weighted by molar-refractivity contribution is -0.107. The second-order valence-electron chi connectivity index (χ2n) is 6.86. The summed E-state index contributed by atoms with van der Waals surface area (Å²) in [4.78, 5) is 15.0. The molecule has 0 saturated heterocycles. The molecule has 0 radical (unpaired) electrons. The number of aryl methyl sites for hydroxylation is 1. The Morgan fingerprint density at radius 3 is 2.59 bits per heavy atom. The van der Waals surface area contributed by atoms with E-state index in [4.69, 9.17) is 4.98 Å². The van der Waals surface area contributed by atoms with E-state index in [-0.39, 0.29) is 0 Å². The molecule has 0 spiro atoms. The molecule has 0 unspecified atom stereocenters. The largest absolute Gasteiger partial charge is 0.303 e. The van der Waals surface area contributed by atoms with Gasteiger partial charge < -0.3 is 4.79 Å². The average Bonchev–Trinajstić information content (AvgIpc) is 2.57. The number of hydrogen-bond acceptors (Lipinski definition) is 2. The molecule has 122 valence electrons. The van der Waals surface area contributed by atoms with Crippen LogP contribution >= 0.6 is 0 Å². The van der Waals surface area contributed by atoms with Crippen LogP contribution in [0.1, 0.15) is 88.3 Å². The van der Waals surface area contributed by atoms with E-state index >= 15 is 0 Å². The number of aromatic nitrogens is 1. The van der Waals surface area contributed by atoms with Crippen LogP contribution in [0.3, 0.4) is 0 Å². The molecule has 0 aliphatic heterocycles. The van der Waals surface area contributed by atoms with Gasteiger partial charge in [0, 0.05) is 24.2 Å². The molecule has 0 N–H and O–H groups in total. The first-order valence-electron chi connectivity index (χ1n) is 9.22. The third kappa shape index (κ3) is 5.55. The molecule has 0 aromatic carbocycles. The molecule has 1 fully saturated rings. The van der Waals surface area contributed by atoms with Crippen molar-refractivity contribution in [3.05, 3.63) is 29.6 Å². The monoisotopic (exact) mass is 301 g/mol. The van der Waals surface area contributed by atoms with Crippen LogP contribution in [0.4, 0.5) is 0 Å². The smallest absolute Gasteiger partial charge is 0.120 e. The Hall–Kier alpha value is -1.18. The standard InChI is InChI=1S/C20H31NO/c1-2-3-4-7-17-9-12-19(13-10-17)20-14-11-18(16-21-20)8-5-6-15-22/h11,14-17,19H,2-10,12-13H2,1H3/t17-,19-. The Morgan fingerprint density at radius 1 is 1.14 bits per heavy atom. The van der Waals surface area contributed by atoms with Gasteiger partial charge in [0.15, 0.2) is 0 Å². The van der Waals surface area contributed by atoms with Gasteiger partial charge in [-0.05, 0) is 56.1 Å². The van der Waals surface area contributed by atoms with E-state index in [0.29, 0.717) is 12.3 Å². The molecule has 0 atom stereocenters. The van der Waals surface area contributed by atoms with Gasteiger partial charge in [-0.15, -0.1) is 0 Å². The van der Waals surface area contributed by atoms with Crippen molar-refractivity contribution in [2.45, 2.75) is 83.5 Å². The highest BCUT2D eigenvalue weighted by Crippen LogP contribution is 2.37. The average molecular weight is 301 g/mol. The number of nitrogens with zero attached hydrogens (tertiary/aromatic N) is 1. The quantitative estimate of drug-likeness (QED) is 0.448. The van der Waals surface area contributed by atoms with E-state index in [2.05, 4.69) is 19.1 Å². The molecular weight excluding hydrogens is 270 g/mol. The van der Waals surface area contributed by atoms with E-state index in [1.54, 1.807) is 0 Å². The molecule has 22 heavy (non-hydrogen) atoms. The lowest BCUT2D eigenvalue weighted by atomic mass is 9.78. The second-order valence-corrected chi connectivity index (χ2v) is 6.86. The van der Waals surface area contributed by atoms with Crippen LogP contribution in [0.15, 0.2) is 18.3 Å². The highest BCUT2D eigenvalue weighted by atomic mass is 16.1. The number of rotatable bonds is 9. The summed E-state index contributed by atoms with van der Waals surface area (Å²) < 4.78 is 0. The van der Waals surface area contributed by atoms with Crippen LogP contribution in [0.25, 0.3) is 0 Å². The number of carbonyl (C=O) groups excluding carboxylic acids is 1. The minimum absolute atomic E-state index is 0.657. The summed E-state index contributed by atoms with van der Waals surface area (Å²) in [5.74, 6) is 1.64. The van der Waals surface area contributed by atoms with E-state index in [0.717, 1.165) is 25.0 Å². The summed E-state index contributed by atoms with van der Waals surface area (Å²) in [7, 11) is 0. The normalized spacial score (nSPS) is 21.7. The maximum absolute atomic E-state index is 10.3.